The molecule has 0 bridgehead atoms. The predicted octanol–water partition coefficient (Wildman–Crippen LogP) is 2.86. The van der Waals surface area contributed by atoms with Crippen LogP contribution >= 0.6 is 23.4 Å². The van der Waals surface area contributed by atoms with Crippen molar-refractivity contribution in [3.8, 4) is 11.4 Å². The van der Waals surface area contributed by atoms with Crippen LogP contribution in [0.5, 0.6) is 0 Å². The van der Waals surface area contributed by atoms with Gasteiger partial charge in [0.1, 0.15) is 0 Å². The Labute approximate surface area is 149 Å². The summed E-state index contributed by atoms with van der Waals surface area (Å²) in [4.78, 5) is 25.1. The zero-order valence-corrected chi connectivity index (χ0v) is 14.8. The lowest BCUT2D eigenvalue weighted by Crippen LogP contribution is -2.33. The molecule has 1 aromatic heterocycles. The van der Waals surface area contributed by atoms with Crippen molar-refractivity contribution in [3.63, 3.8) is 0 Å². The number of benzene rings is 1. The summed E-state index contributed by atoms with van der Waals surface area (Å²) < 4.78 is 1.94. The average Bonchev–Trinajstić information content (AvgIpc) is 3.18. The van der Waals surface area contributed by atoms with Crippen LogP contribution in [0.3, 0.4) is 0 Å². The first-order valence-corrected chi connectivity index (χ1v) is 9.11. The van der Waals surface area contributed by atoms with Gasteiger partial charge < -0.3 is 4.57 Å². The number of carbonyl (C=O) groups excluding carboxylic acids is 2. The molecular weight excluding hydrogens is 348 g/mol. The second-order valence-electron chi connectivity index (χ2n) is 5.39. The van der Waals surface area contributed by atoms with Gasteiger partial charge in [-0.3, -0.25) is 14.5 Å². The van der Waals surface area contributed by atoms with Gasteiger partial charge in [-0.25, -0.2) is 0 Å². The number of thioether (sulfide) groups is 1. The summed E-state index contributed by atoms with van der Waals surface area (Å²) in [6, 6.07) is 7.42. The number of carbonyl (C=O) groups is 2. The monoisotopic (exact) mass is 364 g/mol. The normalized spacial score (nSPS) is 14.4. The van der Waals surface area contributed by atoms with E-state index in [1.165, 1.54) is 16.7 Å². The van der Waals surface area contributed by atoms with E-state index in [0.717, 1.165) is 12.0 Å². The maximum absolute atomic E-state index is 12.2. The molecule has 2 aromatic rings. The van der Waals surface area contributed by atoms with E-state index in [1.807, 2.05) is 29.7 Å². The molecule has 0 saturated carbocycles. The smallest absolute Gasteiger partial charge is 0.239 e. The maximum atomic E-state index is 12.2. The van der Waals surface area contributed by atoms with Crippen LogP contribution < -0.4 is 0 Å². The van der Waals surface area contributed by atoms with E-state index in [1.54, 1.807) is 6.07 Å². The third-order valence-electron chi connectivity index (χ3n) is 3.82. The van der Waals surface area contributed by atoms with E-state index < -0.39 is 0 Å². The Bertz CT molecular complexity index is 777. The van der Waals surface area contributed by atoms with Gasteiger partial charge in [0.2, 0.25) is 11.8 Å². The highest BCUT2D eigenvalue weighted by Gasteiger charge is 2.26. The lowest BCUT2D eigenvalue weighted by molar-refractivity contribution is -0.140. The molecule has 1 saturated heterocycles. The molecule has 0 radical (unpaired) electrons. The average molecular weight is 365 g/mol. The lowest BCUT2D eigenvalue weighted by atomic mass is 10.2. The molecule has 1 aliphatic heterocycles. The van der Waals surface area contributed by atoms with Crippen molar-refractivity contribution in [1.82, 2.24) is 19.7 Å². The number of hydrogen-bond donors (Lipinski definition) is 0. The highest BCUT2D eigenvalue weighted by atomic mass is 35.5. The summed E-state index contributed by atoms with van der Waals surface area (Å²) >= 11 is 7.34. The van der Waals surface area contributed by atoms with Crippen molar-refractivity contribution < 1.29 is 9.59 Å². The summed E-state index contributed by atoms with van der Waals surface area (Å²) in [5.41, 5.74) is 0.879. The minimum atomic E-state index is -0.169. The number of rotatable bonds is 5. The summed E-state index contributed by atoms with van der Waals surface area (Å²) in [6.07, 6.45) is 1.21. The van der Waals surface area contributed by atoms with Crippen LogP contribution in [-0.2, 0) is 16.1 Å². The van der Waals surface area contributed by atoms with E-state index >= 15 is 0 Å². The van der Waals surface area contributed by atoms with Crippen LogP contribution in [0.4, 0.5) is 0 Å². The largest absolute Gasteiger partial charge is 0.302 e. The van der Waals surface area contributed by atoms with Crippen molar-refractivity contribution >= 4 is 35.2 Å². The van der Waals surface area contributed by atoms with Gasteiger partial charge >= 0.3 is 0 Å². The standard InChI is InChI=1S/C16H17ClN4O2S/c1-2-20-15(11-5-3-6-12(17)9-11)18-19-16(20)24-10-14(23)21-8-4-7-13(21)22/h3,5-6,9H,2,4,7-8,10H2,1H3. The van der Waals surface area contributed by atoms with Crippen LogP contribution in [0.25, 0.3) is 11.4 Å². The number of halogens is 1. The van der Waals surface area contributed by atoms with Crippen LogP contribution in [0.1, 0.15) is 19.8 Å². The number of imide groups is 1. The molecular formula is C16H17ClN4O2S. The summed E-state index contributed by atoms with van der Waals surface area (Å²) in [5.74, 6) is 0.640. The zero-order chi connectivity index (χ0) is 17.1. The van der Waals surface area contributed by atoms with E-state index in [2.05, 4.69) is 10.2 Å². The Kier molecular flexibility index (Phi) is 5.20. The maximum Gasteiger partial charge on any atom is 0.239 e. The SMILES string of the molecule is CCn1c(SCC(=O)N2CCCC2=O)nnc1-c1cccc(Cl)c1. The molecule has 0 atom stereocenters. The van der Waals surface area contributed by atoms with Crippen molar-refractivity contribution in [2.75, 3.05) is 12.3 Å². The van der Waals surface area contributed by atoms with Gasteiger partial charge in [-0.15, -0.1) is 10.2 Å². The molecule has 24 heavy (non-hydrogen) atoms. The van der Waals surface area contributed by atoms with Crippen LogP contribution in [-0.4, -0.2) is 43.8 Å². The molecule has 6 nitrogen and oxygen atoms in total. The number of amides is 2. The van der Waals surface area contributed by atoms with Gasteiger partial charge in [-0.1, -0.05) is 35.5 Å². The molecule has 2 amide bonds. The fourth-order valence-electron chi connectivity index (χ4n) is 2.64. The van der Waals surface area contributed by atoms with E-state index in [0.29, 0.717) is 35.5 Å². The Hall–Kier alpha value is -1.86. The Morgan fingerprint density at radius 1 is 1.38 bits per heavy atom. The second-order valence-corrected chi connectivity index (χ2v) is 6.77. The fraction of sp³-hybridized carbons (Fsp3) is 0.375. The topological polar surface area (TPSA) is 68.1 Å². The molecule has 126 valence electrons. The van der Waals surface area contributed by atoms with E-state index in [9.17, 15) is 9.59 Å². The second kappa shape index (κ2) is 7.36. The van der Waals surface area contributed by atoms with Gasteiger partial charge in [0.05, 0.1) is 5.75 Å². The van der Waals surface area contributed by atoms with E-state index in [-0.39, 0.29) is 17.6 Å². The Balaban J connectivity index is 1.75. The van der Waals surface area contributed by atoms with Gasteiger partial charge in [-0.05, 0) is 25.5 Å². The highest BCUT2D eigenvalue weighted by Crippen LogP contribution is 2.26. The molecule has 1 aliphatic rings. The summed E-state index contributed by atoms with van der Waals surface area (Å²) in [6.45, 7) is 3.19. The predicted molar refractivity (Wildman–Crippen MR) is 92.8 cm³/mol. The van der Waals surface area contributed by atoms with Crippen LogP contribution in [0, 0.1) is 0 Å². The van der Waals surface area contributed by atoms with Crippen molar-refractivity contribution in [2.24, 2.45) is 0 Å². The minimum Gasteiger partial charge on any atom is -0.302 e. The zero-order valence-electron chi connectivity index (χ0n) is 13.2. The molecule has 0 unspecified atom stereocenters. The van der Waals surface area contributed by atoms with Gasteiger partial charge in [0.15, 0.2) is 11.0 Å². The Morgan fingerprint density at radius 2 is 2.21 bits per heavy atom. The molecule has 0 spiro atoms. The summed E-state index contributed by atoms with van der Waals surface area (Å²) in [7, 11) is 0. The number of aromatic nitrogens is 3. The molecule has 1 fully saturated rings. The molecule has 8 heteroatoms. The third-order valence-corrected chi connectivity index (χ3v) is 5.00. The Morgan fingerprint density at radius 3 is 2.88 bits per heavy atom. The first-order chi connectivity index (χ1) is 11.6. The molecule has 2 heterocycles. The van der Waals surface area contributed by atoms with Gasteiger partial charge in [0, 0.05) is 30.1 Å². The van der Waals surface area contributed by atoms with Gasteiger partial charge in [-0.2, -0.15) is 0 Å². The van der Waals surface area contributed by atoms with Crippen molar-refractivity contribution in [1.29, 1.82) is 0 Å². The van der Waals surface area contributed by atoms with E-state index in [4.69, 9.17) is 11.6 Å². The van der Waals surface area contributed by atoms with Gasteiger partial charge in [0.25, 0.3) is 0 Å². The third kappa shape index (κ3) is 3.47. The molecule has 1 aromatic carbocycles. The number of hydrogen-bond acceptors (Lipinski definition) is 5. The summed E-state index contributed by atoms with van der Waals surface area (Å²) in [5, 5.41) is 9.71. The van der Waals surface area contributed by atoms with Crippen LogP contribution in [0.15, 0.2) is 29.4 Å². The molecule has 3 rings (SSSR count). The minimum absolute atomic E-state index is 0.0859. The quantitative estimate of drug-likeness (QED) is 0.763. The number of likely N-dealkylation sites (tertiary alicyclic amines) is 1. The van der Waals surface area contributed by atoms with Crippen molar-refractivity contribution in [3.05, 3.63) is 29.3 Å². The lowest BCUT2D eigenvalue weighted by Gasteiger charge is -2.13. The first kappa shape index (κ1) is 17.0. The molecule has 0 aliphatic carbocycles. The van der Waals surface area contributed by atoms with Crippen molar-refractivity contribution in [2.45, 2.75) is 31.5 Å². The molecule has 0 N–H and O–H groups in total. The fourth-order valence-corrected chi connectivity index (χ4v) is 3.71. The number of nitrogens with zero attached hydrogens (tertiary/aromatic N) is 4. The van der Waals surface area contributed by atoms with Crippen LogP contribution in [0.2, 0.25) is 5.02 Å². The first-order valence-electron chi connectivity index (χ1n) is 7.75. The highest BCUT2D eigenvalue weighted by molar-refractivity contribution is 7.99.